The zero-order chi connectivity index (χ0) is 13.8. The number of aromatic nitrogens is 2. The summed E-state index contributed by atoms with van der Waals surface area (Å²) in [6.45, 7) is 0.540. The van der Waals surface area contributed by atoms with Crippen molar-refractivity contribution >= 4 is 11.9 Å². The molecular formula is C13H19N3O3. The molecule has 1 amide bonds. The van der Waals surface area contributed by atoms with Crippen molar-refractivity contribution in [2.45, 2.75) is 25.7 Å². The number of imidazole rings is 1. The Morgan fingerprint density at radius 2 is 2.21 bits per heavy atom. The maximum atomic E-state index is 11.9. The fourth-order valence-electron chi connectivity index (χ4n) is 2.52. The molecule has 1 aliphatic carbocycles. The third kappa shape index (κ3) is 3.33. The van der Waals surface area contributed by atoms with Crippen LogP contribution in [0.1, 0.15) is 25.1 Å². The van der Waals surface area contributed by atoms with Gasteiger partial charge in [-0.2, -0.15) is 0 Å². The first-order valence-electron chi connectivity index (χ1n) is 6.54. The van der Waals surface area contributed by atoms with E-state index in [0.717, 1.165) is 5.82 Å². The minimum Gasteiger partial charge on any atom is -0.481 e. The molecule has 2 rings (SSSR count). The molecule has 0 spiro atoms. The summed E-state index contributed by atoms with van der Waals surface area (Å²) < 4.78 is 1.92. The number of hydrogen-bond donors (Lipinski definition) is 2. The van der Waals surface area contributed by atoms with Crippen molar-refractivity contribution in [3.05, 3.63) is 18.2 Å². The van der Waals surface area contributed by atoms with E-state index in [1.807, 2.05) is 17.8 Å². The van der Waals surface area contributed by atoms with Crippen molar-refractivity contribution in [2.75, 3.05) is 6.54 Å². The number of carboxylic acid groups (broad SMARTS) is 1. The Hall–Kier alpha value is -1.85. The lowest BCUT2D eigenvalue weighted by molar-refractivity contribution is -0.141. The first kappa shape index (κ1) is 13.6. The molecule has 6 heteroatoms. The summed E-state index contributed by atoms with van der Waals surface area (Å²) in [4.78, 5) is 26.9. The number of hydrogen-bond acceptors (Lipinski definition) is 3. The van der Waals surface area contributed by atoms with Gasteiger partial charge in [-0.3, -0.25) is 9.59 Å². The number of carbonyl (C=O) groups excluding carboxylic acids is 1. The number of rotatable bonds is 5. The van der Waals surface area contributed by atoms with Gasteiger partial charge in [0, 0.05) is 38.3 Å². The maximum Gasteiger partial charge on any atom is 0.306 e. The average molecular weight is 265 g/mol. The number of aryl methyl sites for hydroxylation is 1. The fraction of sp³-hybridized carbons (Fsp3) is 0.615. The van der Waals surface area contributed by atoms with Gasteiger partial charge in [0.25, 0.3) is 0 Å². The molecule has 2 atom stereocenters. The molecule has 2 N–H and O–H groups in total. The second-order valence-corrected chi connectivity index (χ2v) is 5.04. The molecule has 0 aromatic carbocycles. The lowest BCUT2D eigenvalue weighted by Gasteiger charge is -2.10. The zero-order valence-corrected chi connectivity index (χ0v) is 11.0. The van der Waals surface area contributed by atoms with E-state index < -0.39 is 5.97 Å². The molecule has 0 aliphatic heterocycles. The second kappa shape index (κ2) is 5.86. The SMILES string of the molecule is Cn1ccnc1CCNC(=O)[C@@H]1CC[C@H](C(=O)O)C1. The summed E-state index contributed by atoms with van der Waals surface area (Å²) in [5.74, 6) is -0.399. The van der Waals surface area contributed by atoms with E-state index in [0.29, 0.717) is 32.2 Å². The van der Waals surface area contributed by atoms with Gasteiger partial charge in [-0.25, -0.2) is 4.98 Å². The van der Waals surface area contributed by atoms with Crippen LogP contribution in [-0.2, 0) is 23.1 Å². The molecule has 1 aromatic rings. The van der Waals surface area contributed by atoms with Crippen LogP contribution in [0.2, 0.25) is 0 Å². The van der Waals surface area contributed by atoms with Crippen molar-refractivity contribution in [1.82, 2.24) is 14.9 Å². The first-order chi connectivity index (χ1) is 9.08. The molecule has 1 heterocycles. The molecule has 6 nitrogen and oxygen atoms in total. The number of carbonyl (C=O) groups is 2. The molecule has 0 bridgehead atoms. The number of amides is 1. The topological polar surface area (TPSA) is 84.2 Å². The van der Waals surface area contributed by atoms with Gasteiger partial charge < -0.3 is 15.0 Å². The van der Waals surface area contributed by atoms with Crippen LogP contribution in [0.5, 0.6) is 0 Å². The monoisotopic (exact) mass is 265 g/mol. The van der Waals surface area contributed by atoms with Crippen molar-refractivity contribution in [3.63, 3.8) is 0 Å². The Morgan fingerprint density at radius 1 is 1.47 bits per heavy atom. The Labute approximate surface area is 111 Å². The largest absolute Gasteiger partial charge is 0.481 e. The van der Waals surface area contributed by atoms with E-state index in [2.05, 4.69) is 10.3 Å². The van der Waals surface area contributed by atoms with Gasteiger partial charge in [0.05, 0.1) is 5.92 Å². The van der Waals surface area contributed by atoms with Crippen LogP contribution in [0.15, 0.2) is 12.4 Å². The van der Waals surface area contributed by atoms with Crippen molar-refractivity contribution in [2.24, 2.45) is 18.9 Å². The second-order valence-electron chi connectivity index (χ2n) is 5.04. The third-order valence-corrected chi connectivity index (χ3v) is 3.72. The maximum absolute atomic E-state index is 11.9. The lowest BCUT2D eigenvalue weighted by atomic mass is 10.0. The number of nitrogens with one attached hydrogen (secondary N) is 1. The average Bonchev–Trinajstić information content (AvgIpc) is 2.98. The predicted molar refractivity (Wildman–Crippen MR) is 68.4 cm³/mol. The molecule has 1 saturated carbocycles. The van der Waals surface area contributed by atoms with Gasteiger partial charge in [0.2, 0.25) is 5.91 Å². The van der Waals surface area contributed by atoms with Crippen LogP contribution in [0.25, 0.3) is 0 Å². The van der Waals surface area contributed by atoms with Crippen LogP contribution in [0, 0.1) is 11.8 Å². The molecule has 19 heavy (non-hydrogen) atoms. The quantitative estimate of drug-likeness (QED) is 0.815. The standard InChI is InChI=1S/C13H19N3O3/c1-16-7-6-14-11(16)4-5-15-12(17)9-2-3-10(8-9)13(18)19/h6-7,9-10H,2-5,8H2,1H3,(H,15,17)(H,18,19)/t9-,10+/m1/s1. The summed E-state index contributed by atoms with van der Waals surface area (Å²) in [7, 11) is 1.92. The highest BCUT2D eigenvalue weighted by molar-refractivity contribution is 5.80. The third-order valence-electron chi connectivity index (χ3n) is 3.72. The highest BCUT2D eigenvalue weighted by Crippen LogP contribution is 2.30. The zero-order valence-electron chi connectivity index (χ0n) is 11.0. The predicted octanol–water partition coefficient (Wildman–Crippen LogP) is 0.580. The summed E-state index contributed by atoms with van der Waals surface area (Å²) in [5, 5.41) is 11.8. The van der Waals surface area contributed by atoms with Gasteiger partial charge in [0.15, 0.2) is 0 Å². The van der Waals surface area contributed by atoms with E-state index in [4.69, 9.17) is 5.11 Å². The van der Waals surface area contributed by atoms with Crippen LogP contribution >= 0.6 is 0 Å². The summed E-state index contributed by atoms with van der Waals surface area (Å²) in [6.07, 6.45) is 6.02. The summed E-state index contributed by atoms with van der Waals surface area (Å²) in [5.41, 5.74) is 0. The van der Waals surface area contributed by atoms with Gasteiger partial charge in [-0.1, -0.05) is 0 Å². The lowest BCUT2D eigenvalue weighted by Crippen LogP contribution is -2.31. The molecular weight excluding hydrogens is 246 g/mol. The van der Waals surface area contributed by atoms with Crippen LogP contribution in [0.4, 0.5) is 0 Å². The molecule has 0 unspecified atom stereocenters. The number of carboxylic acids is 1. The molecule has 1 aromatic heterocycles. The van der Waals surface area contributed by atoms with Crippen molar-refractivity contribution in [3.8, 4) is 0 Å². The molecule has 1 aliphatic rings. The highest BCUT2D eigenvalue weighted by Gasteiger charge is 2.33. The van der Waals surface area contributed by atoms with E-state index in [9.17, 15) is 9.59 Å². The Kier molecular flexibility index (Phi) is 4.19. The van der Waals surface area contributed by atoms with E-state index in [1.165, 1.54) is 0 Å². The molecule has 0 saturated heterocycles. The van der Waals surface area contributed by atoms with Crippen LogP contribution in [-0.4, -0.2) is 33.1 Å². The minimum absolute atomic E-state index is 0.0297. The highest BCUT2D eigenvalue weighted by atomic mass is 16.4. The summed E-state index contributed by atoms with van der Waals surface area (Å²) in [6, 6.07) is 0. The number of aliphatic carboxylic acids is 1. The van der Waals surface area contributed by atoms with Crippen LogP contribution < -0.4 is 5.32 Å². The smallest absolute Gasteiger partial charge is 0.306 e. The van der Waals surface area contributed by atoms with Gasteiger partial charge in [-0.15, -0.1) is 0 Å². The van der Waals surface area contributed by atoms with E-state index in [-0.39, 0.29) is 17.7 Å². The van der Waals surface area contributed by atoms with Gasteiger partial charge >= 0.3 is 5.97 Å². The first-order valence-corrected chi connectivity index (χ1v) is 6.54. The van der Waals surface area contributed by atoms with Crippen LogP contribution in [0.3, 0.4) is 0 Å². The molecule has 104 valence electrons. The Bertz CT molecular complexity index is 469. The van der Waals surface area contributed by atoms with E-state index >= 15 is 0 Å². The minimum atomic E-state index is -0.789. The summed E-state index contributed by atoms with van der Waals surface area (Å²) >= 11 is 0. The van der Waals surface area contributed by atoms with Crippen molar-refractivity contribution in [1.29, 1.82) is 0 Å². The normalized spacial score (nSPS) is 22.4. The molecule has 1 fully saturated rings. The van der Waals surface area contributed by atoms with Gasteiger partial charge in [0.1, 0.15) is 5.82 Å². The van der Waals surface area contributed by atoms with Crippen molar-refractivity contribution < 1.29 is 14.7 Å². The Morgan fingerprint density at radius 3 is 2.79 bits per heavy atom. The van der Waals surface area contributed by atoms with Gasteiger partial charge in [-0.05, 0) is 19.3 Å². The Balaban J connectivity index is 1.73. The fourth-order valence-corrected chi connectivity index (χ4v) is 2.52. The molecule has 0 radical (unpaired) electrons. The number of nitrogens with zero attached hydrogens (tertiary/aromatic N) is 2. The van der Waals surface area contributed by atoms with E-state index in [1.54, 1.807) is 6.20 Å².